The number of carbonyl (C=O) groups excluding carboxylic acids is 3. The van der Waals surface area contributed by atoms with Gasteiger partial charge in [0, 0.05) is 27.3 Å². The average Bonchev–Trinajstić information content (AvgIpc) is 2.72. The van der Waals surface area contributed by atoms with Gasteiger partial charge in [0.1, 0.15) is 5.57 Å². The van der Waals surface area contributed by atoms with E-state index in [1.165, 1.54) is 6.08 Å². The van der Waals surface area contributed by atoms with E-state index in [0.29, 0.717) is 16.3 Å². The molecule has 0 spiro atoms. The van der Waals surface area contributed by atoms with Crippen molar-refractivity contribution < 1.29 is 14.4 Å². The number of benzene rings is 2. The topological polar surface area (TPSA) is 69.7 Å². The number of barbiturate groups is 1. The van der Waals surface area contributed by atoms with Gasteiger partial charge in [0.25, 0.3) is 11.8 Å². The lowest BCUT2D eigenvalue weighted by molar-refractivity contribution is -0.122. The van der Waals surface area contributed by atoms with E-state index in [4.69, 9.17) is 11.6 Å². The van der Waals surface area contributed by atoms with Crippen molar-refractivity contribution in [3.8, 4) is 0 Å². The fourth-order valence-electron chi connectivity index (χ4n) is 4.87. The predicted octanol–water partition coefficient (Wildman–Crippen LogP) is 5.88. The number of nitrogens with one attached hydrogen (secondary N) is 1. The van der Waals surface area contributed by atoms with Crippen molar-refractivity contribution in [1.29, 1.82) is 0 Å². The van der Waals surface area contributed by atoms with Crippen molar-refractivity contribution in [3.05, 3.63) is 62.6 Å². The van der Waals surface area contributed by atoms with Crippen LogP contribution in [0.25, 0.3) is 6.08 Å². The molecule has 1 saturated heterocycles. The van der Waals surface area contributed by atoms with Gasteiger partial charge in [-0.15, -0.1) is 0 Å². The molecule has 2 heterocycles. The van der Waals surface area contributed by atoms with Crippen LogP contribution >= 0.6 is 27.5 Å². The van der Waals surface area contributed by atoms with Crippen LogP contribution < -0.4 is 15.1 Å². The minimum Gasteiger partial charge on any atom is -0.366 e. The Kier molecular flexibility index (Phi) is 6.14. The smallest absolute Gasteiger partial charge is 0.335 e. The minimum atomic E-state index is -0.782. The Bertz CT molecular complexity index is 1190. The highest BCUT2D eigenvalue weighted by atomic mass is 79.9. The van der Waals surface area contributed by atoms with E-state index < -0.39 is 17.8 Å². The van der Waals surface area contributed by atoms with Crippen LogP contribution in [0.4, 0.5) is 16.2 Å². The van der Waals surface area contributed by atoms with Gasteiger partial charge >= 0.3 is 6.03 Å². The lowest BCUT2D eigenvalue weighted by atomic mass is 9.79. The molecule has 0 bridgehead atoms. The maximum Gasteiger partial charge on any atom is 0.335 e. The molecule has 172 valence electrons. The molecular weight excluding hydrogens is 506 g/mol. The largest absolute Gasteiger partial charge is 0.366 e. The lowest BCUT2D eigenvalue weighted by Crippen LogP contribution is -2.54. The summed E-state index contributed by atoms with van der Waals surface area (Å²) in [4.78, 5) is 41.5. The average molecular weight is 531 g/mol. The number of hydrogen-bond acceptors (Lipinski definition) is 4. The van der Waals surface area contributed by atoms with Gasteiger partial charge in [-0.2, -0.15) is 0 Å². The Labute approximate surface area is 206 Å². The van der Waals surface area contributed by atoms with Gasteiger partial charge in [-0.1, -0.05) is 34.5 Å². The van der Waals surface area contributed by atoms with Crippen LogP contribution in [0, 0.1) is 0 Å². The Balaban J connectivity index is 1.77. The third-order valence-electron chi connectivity index (χ3n) is 6.31. The fraction of sp³-hybridized carbons (Fsp3) is 0.320. The molecule has 4 amide bonds. The Hall–Kier alpha value is -2.64. The number of fused-ring (bicyclic) bond motifs is 1. The zero-order chi connectivity index (χ0) is 24.1. The summed E-state index contributed by atoms with van der Waals surface area (Å²) in [6.45, 7) is 9.57. The molecule has 2 aliphatic heterocycles. The first kappa shape index (κ1) is 23.5. The highest BCUT2D eigenvalue weighted by Crippen LogP contribution is 2.45. The van der Waals surface area contributed by atoms with Crippen molar-refractivity contribution in [3.63, 3.8) is 0 Å². The van der Waals surface area contributed by atoms with Crippen molar-refractivity contribution in [1.82, 2.24) is 5.32 Å². The zero-order valence-corrected chi connectivity index (χ0v) is 21.3. The molecule has 1 atom stereocenters. The molecule has 0 aliphatic carbocycles. The van der Waals surface area contributed by atoms with Crippen LogP contribution in [0.15, 0.2) is 46.4 Å². The molecule has 0 saturated carbocycles. The third kappa shape index (κ3) is 4.20. The summed E-state index contributed by atoms with van der Waals surface area (Å²) in [5, 5.41) is 2.70. The number of amides is 4. The summed E-state index contributed by atoms with van der Waals surface area (Å²) in [5.41, 5.74) is 2.98. The normalized spacial score (nSPS) is 21.3. The van der Waals surface area contributed by atoms with Gasteiger partial charge in [0.2, 0.25) is 0 Å². The van der Waals surface area contributed by atoms with Crippen LogP contribution in [0.3, 0.4) is 0 Å². The first-order chi connectivity index (χ1) is 15.5. The van der Waals surface area contributed by atoms with Gasteiger partial charge < -0.3 is 4.90 Å². The van der Waals surface area contributed by atoms with Crippen molar-refractivity contribution >= 4 is 62.8 Å². The molecular formula is C25H25BrClN3O3. The number of nitrogens with zero attached hydrogens (tertiary/aromatic N) is 2. The van der Waals surface area contributed by atoms with E-state index >= 15 is 0 Å². The standard InChI is InChI=1S/C25H25BrClN3O3/c1-5-29-21-12-20(27)15(10-18(21)14(2)13-25(29,3)4)11-19-22(31)28-24(33)30(23(19)32)17-8-6-16(26)7-9-17/h6-12,14H,5,13H2,1-4H3,(H,28,31,33)/b19-11-. The fourth-order valence-corrected chi connectivity index (χ4v) is 5.34. The van der Waals surface area contributed by atoms with Crippen LogP contribution in [0.1, 0.15) is 51.2 Å². The molecule has 8 heteroatoms. The van der Waals surface area contributed by atoms with E-state index in [1.54, 1.807) is 24.3 Å². The van der Waals surface area contributed by atoms with Crippen molar-refractivity contribution in [2.75, 3.05) is 16.3 Å². The molecule has 0 aromatic heterocycles. The van der Waals surface area contributed by atoms with Crippen LogP contribution in [-0.4, -0.2) is 29.9 Å². The summed E-state index contributed by atoms with van der Waals surface area (Å²) in [6.07, 6.45) is 2.44. The molecule has 1 unspecified atom stereocenters. The van der Waals surface area contributed by atoms with E-state index in [1.807, 2.05) is 12.1 Å². The quantitative estimate of drug-likeness (QED) is 0.397. The summed E-state index contributed by atoms with van der Waals surface area (Å²) in [7, 11) is 0. The van der Waals surface area contributed by atoms with E-state index in [0.717, 1.165) is 33.6 Å². The Morgan fingerprint density at radius 3 is 2.48 bits per heavy atom. The SMILES string of the molecule is CCN1c2cc(Cl)c(/C=C3/C(=O)NC(=O)N(c4ccc(Br)cc4)C3=O)cc2C(C)CC1(C)C. The highest BCUT2D eigenvalue weighted by molar-refractivity contribution is 9.10. The Morgan fingerprint density at radius 1 is 1.18 bits per heavy atom. The molecule has 6 nitrogen and oxygen atoms in total. The Morgan fingerprint density at radius 2 is 1.85 bits per heavy atom. The van der Waals surface area contributed by atoms with E-state index in [2.05, 4.69) is 53.8 Å². The zero-order valence-electron chi connectivity index (χ0n) is 18.9. The number of halogens is 2. The minimum absolute atomic E-state index is 0.00472. The van der Waals surface area contributed by atoms with Gasteiger partial charge in [0.05, 0.1) is 5.69 Å². The van der Waals surface area contributed by atoms with Gasteiger partial charge in [-0.3, -0.25) is 14.9 Å². The monoisotopic (exact) mass is 529 g/mol. The summed E-state index contributed by atoms with van der Waals surface area (Å²) in [5.74, 6) is -1.15. The van der Waals surface area contributed by atoms with Crippen molar-refractivity contribution in [2.45, 2.75) is 45.6 Å². The molecule has 2 aliphatic rings. The van der Waals surface area contributed by atoms with Crippen LogP contribution in [0.2, 0.25) is 5.02 Å². The second-order valence-electron chi connectivity index (χ2n) is 9.03. The van der Waals surface area contributed by atoms with Gasteiger partial charge in [-0.05, 0) is 86.7 Å². The lowest BCUT2D eigenvalue weighted by Gasteiger charge is -2.47. The predicted molar refractivity (Wildman–Crippen MR) is 135 cm³/mol. The van der Waals surface area contributed by atoms with Crippen LogP contribution in [0.5, 0.6) is 0 Å². The maximum atomic E-state index is 13.2. The number of anilines is 2. The molecule has 1 fully saturated rings. The second kappa shape index (κ2) is 8.61. The van der Waals surface area contributed by atoms with E-state index in [-0.39, 0.29) is 17.0 Å². The number of imide groups is 2. The second-order valence-corrected chi connectivity index (χ2v) is 10.4. The summed E-state index contributed by atoms with van der Waals surface area (Å²) in [6, 6.07) is 9.78. The molecule has 1 N–H and O–H groups in total. The first-order valence-electron chi connectivity index (χ1n) is 10.8. The van der Waals surface area contributed by atoms with E-state index in [9.17, 15) is 14.4 Å². The molecule has 4 rings (SSSR count). The third-order valence-corrected chi connectivity index (χ3v) is 7.16. The molecule has 2 aromatic rings. The number of hydrogen-bond donors (Lipinski definition) is 1. The number of rotatable bonds is 3. The molecule has 0 radical (unpaired) electrons. The highest BCUT2D eigenvalue weighted by Gasteiger charge is 2.38. The number of carbonyl (C=O) groups is 3. The van der Waals surface area contributed by atoms with Crippen LogP contribution in [-0.2, 0) is 9.59 Å². The van der Waals surface area contributed by atoms with Gasteiger partial charge in [-0.25, -0.2) is 9.69 Å². The summed E-state index contributed by atoms with van der Waals surface area (Å²) < 4.78 is 0.808. The first-order valence-corrected chi connectivity index (χ1v) is 12.0. The van der Waals surface area contributed by atoms with Gasteiger partial charge in [0.15, 0.2) is 0 Å². The molecule has 33 heavy (non-hydrogen) atoms. The number of urea groups is 1. The summed E-state index contributed by atoms with van der Waals surface area (Å²) >= 11 is 9.98. The maximum absolute atomic E-state index is 13.2. The van der Waals surface area contributed by atoms with Crippen molar-refractivity contribution in [2.24, 2.45) is 0 Å². The molecule has 2 aromatic carbocycles.